The van der Waals surface area contributed by atoms with Gasteiger partial charge in [0.1, 0.15) is 11.6 Å². The lowest BCUT2D eigenvalue weighted by molar-refractivity contribution is 0.00585. The quantitative estimate of drug-likeness (QED) is 0.397. The second-order valence-corrected chi connectivity index (χ2v) is 9.96. The van der Waals surface area contributed by atoms with Gasteiger partial charge in [-0.15, -0.1) is 0 Å². The number of hydrogen-bond acceptors (Lipinski definition) is 3. The van der Waals surface area contributed by atoms with Crippen molar-refractivity contribution < 1.29 is 18.0 Å². The first-order valence-electron chi connectivity index (χ1n) is 13.1. The summed E-state index contributed by atoms with van der Waals surface area (Å²) in [7, 11) is 5.04. The molecule has 0 fully saturated rings. The Bertz CT molecular complexity index is 1190. The van der Waals surface area contributed by atoms with Gasteiger partial charge in [-0.25, -0.2) is 4.39 Å². The molecule has 0 saturated heterocycles. The normalized spacial score (nSPS) is 16.9. The highest BCUT2D eigenvalue weighted by Crippen LogP contribution is 2.42. The van der Waals surface area contributed by atoms with Crippen molar-refractivity contribution in [3.05, 3.63) is 64.1 Å². The van der Waals surface area contributed by atoms with Crippen molar-refractivity contribution in [3.63, 3.8) is 0 Å². The average Bonchev–Trinajstić information content (AvgIpc) is 3.23. The number of alkyl halides is 2. The van der Waals surface area contributed by atoms with Crippen LogP contribution in [0.25, 0.3) is 10.1 Å². The number of nitrogens with one attached hydrogen (secondary N) is 1. The van der Waals surface area contributed by atoms with E-state index < -0.39 is 18.3 Å². The fraction of sp³-hybridized carbons (Fsp3) is 0.483. The molecule has 0 bridgehead atoms. The smallest absolute Gasteiger partial charge is 0.286 e. The molecule has 38 heavy (non-hydrogen) atoms. The minimum atomic E-state index is -3.26. The van der Waals surface area contributed by atoms with Crippen LogP contribution in [0.3, 0.4) is 0 Å². The molecule has 3 heterocycles. The first kappa shape index (κ1) is 31.7. The SMILES string of the molecule is CC.CC.Cc1cc(C(=O)N(C)C)cc(F)c1C1=CCN(C(C)c2cc3c(n2C)NCC=C3Br)CC1(F)F. The van der Waals surface area contributed by atoms with Crippen LogP contribution in [0.4, 0.5) is 19.0 Å². The Morgan fingerprint density at radius 1 is 1.13 bits per heavy atom. The number of benzene rings is 1. The van der Waals surface area contributed by atoms with Crippen LogP contribution in [0.1, 0.15) is 73.4 Å². The van der Waals surface area contributed by atoms with Gasteiger partial charge in [0.25, 0.3) is 11.8 Å². The molecule has 2 aliphatic heterocycles. The lowest BCUT2D eigenvalue weighted by Gasteiger charge is -2.37. The molecule has 1 aromatic carbocycles. The summed E-state index contributed by atoms with van der Waals surface area (Å²) in [6.45, 7) is 11.9. The number of hydrogen-bond donors (Lipinski definition) is 1. The van der Waals surface area contributed by atoms with E-state index in [9.17, 15) is 4.79 Å². The van der Waals surface area contributed by atoms with E-state index in [4.69, 9.17) is 0 Å². The Labute approximate surface area is 233 Å². The molecule has 1 amide bonds. The summed E-state index contributed by atoms with van der Waals surface area (Å²) in [5.74, 6) is -3.50. The zero-order valence-corrected chi connectivity index (χ0v) is 25.4. The van der Waals surface area contributed by atoms with E-state index in [0.717, 1.165) is 27.6 Å². The Morgan fingerprint density at radius 2 is 1.76 bits per heavy atom. The summed E-state index contributed by atoms with van der Waals surface area (Å²) in [4.78, 5) is 15.2. The number of carbonyl (C=O) groups is 1. The molecule has 0 radical (unpaired) electrons. The Hall–Kier alpha value is -2.52. The van der Waals surface area contributed by atoms with E-state index in [1.807, 2.05) is 58.4 Å². The molecule has 5 nitrogen and oxygen atoms in total. The van der Waals surface area contributed by atoms with Crippen molar-refractivity contribution >= 4 is 37.7 Å². The molecular weight excluding hydrogens is 557 g/mol. The predicted octanol–water partition coefficient (Wildman–Crippen LogP) is 7.48. The van der Waals surface area contributed by atoms with E-state index in [0.29, 0.717) is 12.1 Å². The molecule has 0 aliphatic carbocycles. The van der Waals surface area contributed by atoms with E-state index in [2.05, 4.69) is 21.2 Å². The molecular formula is C29H40BrF3N4O. The van der Waals surface area contributed by atoms with E-state index in [-0.39, 0.29) is 35.2 Å². The molecule has 1 atom stereocenters. The van der Waals surface area contributed by atoms with Gasteiger partial charge in [0, 0.05) is 72.7 Å². The molecule has 1 N–H and O–H groups in total. The molecule has 0 spiro atoms. The Balaban J connectivity index is 0.00000121. The van der Waals surface area contributed by atoms with Gasteiger partial charge in [-0.2, -0.15) is 8.78 Å². The minimum absolute atomic E-state index is 0.125. The topological polar surface area (TPSA) is 40.5 Å². The van der Waals surface area contributed by atoms with Crippen molar-refractivity contribution in [1.29, 1.82) is 0 Å². The van der Waals surface area contributed by atoms with Gasteiger partial charge in [-0.05, 0) is 37.6 Å². The fourth-order valence-electron chi connectivity index (χ4n) is 4.76. The lowest BCUT2D eigenvalue weighted by atomic mass is 9.90. The highest BCUT2D eigenvalue weighted by atomic mass is 79.9. The summed E-state index contributed by atoms with van der Waals surface area (Å²) in [6, 6.07) is 4.24. The third-order valence-corrected chi connectivity index (χ3v) is 7.34. The first-order valence-corrected chi connectivity index (χ1v) is 13.9. The van der Waals surface area contributed by atoms with Gasteiger partial charge in [0.2, 0.25) is 0 Å². The van der Waals surface area contributed by atoms with Crippen LogP contribution in [0, 0.1) is 12.7 Å². The zero-order chi connectivity index (χ0) is 28.9. The van der Waals surface area contributed by atoms with Gasteiger partial charge in [0.05, 0.1) is 6.54 Å². The van der Waals surface area contributed by atoms with Gasteiger partial charge in [-0.3, -0.25) is 9.69 Å². The van der Waals surface area contributed by atoms with Gasteiger partial charge >= 0.3 is 0 Å². The number of fused-ring (bicyclic) bond motifs is 1. The molecule has 1 unspecified atom stereocenters. The maximum atomic E-state index is 15.4. The second-order valence-electron chi connectivity index (χ2n) is 9.10. The number of amides is 1. The fourth-order valence-corrected chi connectivity index (χ4v) is 5.23. The number of anilines is 1. The van der Waals surface area contributed by atoms with Gasteiger partial charge in [0.15, 0.2) is 0 Å². The molecule has 9 heteroatoms. The van der Waals surface area contributed by atoms with Crippen molar-refractivity contribution in [2.24, 2.45) is 7.05 Å². The van der Waals surface area contributed by atoms with Crippen molar-refractivity contribution in [1.82, 2.24) is 14.4 Å². The molecule has 2 aromatic rings. The maximum Gasteiger partial charge on any atom is 0.286 e. The lowest BCUT2D eigenvalue weighted by Crippen LogP contribution is -2.43. The molecule has 0 saturated carbocycles. The van der Waals surface area contributed by atoms with Crippen LogP contribution < -0.4 is 5.32 Å². The Morgan fingerprint density at radius 3 is 2.29 bits per heavy atom. The largest absolute Gasteiger partial charge is 0.367 e. The highest BCUT2D eigenvalue weighted by Gasteiger charge is 2.43. The second kappa shape index (κ2) is 13.0. The zero-order valence-electron chi connectivity index (χ0n) is 23.8. The number of rotatable bonds is 4. The van der Waals surface area contributed by atoms with Crippen LogP contribution in [0.15, 0.2) is 30.4 Å². The summed E-state index contributed by atoms with van der Waals surface area (Å²) in [5, 5.41) is 3.33. The molecule has 1 aromatic heterocycles. The summed E-state index contributed by atoms with van der Waals surface area (Å²) >= 11 is 3.57. The summed E-state index contributed by atoms with van der Waals surface area (Å²) in [6.07, 6.45) is 3.44. The van der Waals surface area contributed by atoms with Crippen LogP contribution in [0.5, 0.6) is 0 Å². The number of carbonyl (C=O) groups excluding carboxylic acids is 1. The molecule has 4 rings (SSSR count). The third-order valence-electron chi connectivity index (χ3n) is 6.59. The molecule has 210 valence electrons. The van der Waals surface area contributed by atoms with E-state index in [1.165, 1.54) is 17.0 Å². The van der Waals surface area contributed by atoms with Crippen molar-refractivity contribution in [3.8, 4) is 0 Å². The Kier molecular flexibility index (Phi) is 10.9. The van der Waals surface area contributed by atoms with Gasteiger partial charge in [-0.1, -0.05) is 55.8 Å². The van der Waals surface area contributed by atoms with Crippen LogP contribution in [0.2, 0.25) is 0 Å². The predicted molar refractivity (Wildman–Crippen MR) is 156 cm³/mol. The number of aryl methyl sites for hydroxylation is 1. The van der Waals surface area contributed by atoms with Crippen LogP contribution in [-0.2, 0) is 7.05 Å². The molecule has 2 aliphatic rings. The van der Waals surface area contributed by atoms with Crippen LogP contribution in [-0.4, -0.2) is 59.9 Å². The first-order chi connectivity index (χ1) is 17.9. The summed E-state index contributed by atoms with van der Waals surface area (Å²) in [5.41, 5.74) is 1.91. The van der Waals surface area contributed by atoms with Crippen LogP contribution >= 0.6 is 15.9 Å². The number of nitrogens with zero attached hydrogens (tertiary/aromatic N) is 3. The minimum Gasteiger partial charge on any atom is -0.367 e. The standard InChI is InChI=1S/C25H28BrF3N4O.2C2H6/c1-14-10-16(24(34)31(3)4)11-20(27)22(14)18-7-9-33(13-25(18,28)29)15(2)21-12-17-19(26)6-8-30-23(17)32(21)5;2*1-2/h6-7,10-12,15,30H,8-9,13H2,1-5H3;2*1-2H3. The van der Waals surface area contributed by atoms with E-state index in [1.54, 1.807) is 25.9 Å². The average molecular weight is 598 g/mol. The highest BCUT2D eigenvalue weighted by molar-refractivity contribution is 9.15. The van der Waals surface area contributed by atoms with Crippen molar-refractivity contribution in [2.75, 3.05) is 39.0 Å². The maximum absolute atomic E-state index is 15.4. The monoisotopic (exact) mass is 596 g/mol. The number of aromatic nitrogens is 1. The van der Waals surface area contributed by atoms with Gasteiger partial charge < -0.3 is 14.8 Å². The third kappa shape index (κ3) is 6.20. The van der Waals surface area contributed by atoms with E-state index >= 15 is 13.2 Å². The van der Waals surface area contributed by atoms with Crippen molar-refractivity contribution in [2.45, 2.75) is 53.5 Å². The summed E-state index contributed by atoms with van der Waals surface area (Å²) < 4.78 is 48.9. The number of halogens is 4.